The van der Waals surface area contributed by atoms with E-state index < -0.39 is 187 Å². The number of nitrogens with two attached hydrogens (primary N) is 6. The molecular weight excluding hydrogens is 1070 g/mol. The molecular formula is C49H70N15O17+. The predicted octanol–water partition coefficient (Wildman–Crippen LogP) is -8.56. The summed E-state index contributed by atoms with van der Waals surface area (Å²) >= 11 is 0. The number of rotatable bonds is 36. The number of hydrogen-bond donors (Lipinski definition) is 17. The molecule has 14 amide bonds. The number of phenolic OH excluding ortho intramolecular Hbond substituents is 1. The van der Waals surface area contributed by atoms with Crippen molar-refractivity contribution in [1.82, 2.24) is 42.5 Å². The number of amides is 14. The number of carbonyl (C=O) groups excluding carboxylic acids is 14. The van der Waals surface area contributed by atoms with Gasteiger partial charge >= 0.3 is 5.97 Å². The highest BCUT2D eigenvalue weighted by molar-refractivity contribution is 6.01. The lowest BCUT2D eigenvalue weighted by Crippen LogP contribution is -2.69. The van der Waals surface area contributed by atoms with Crippen LogP contribution in [0, 0.1) is 5.92 Å². The van der Waals surface area contributed by atoms with E-state index >= 15 is 0 Å². The van der Waals surface area contributed by atoms with Crippen molar-refractivity contribution in [2.24, 2.45) is 40.3 Å². The average molecular weight is 1140 g/mol. The van der Waals surface area contributed by atoms with Gasteiger partial charge in [0.25, 0.3) is 5.91 Å². The van der Waals surface area contributed by atoms with Crippen LogP contribution in [0.3, 0.4) is 0 Å². The van der Waals surface area contributed by atoms with Gasteiger partial charge in [-0.3, -0.25) is 67.1 Å². The van der Waals surface area contributed by atoms with Crippen LogP contribution >= 0.6 is 0 Å². The Morgan fingerprint density at radius 3 is 1.07 bits per heavy atom. The summed E-state index contributed by atoms with van der Waals surface area (Å²) in [7, 11) is 0. The van der Waals surface area contributed by atoms with E-state index in [0.717, 1.165) is 0 Å². The summed E-state index contributed by atoms with van der Waals surface area (Å²) < 4.78 is 0. The molecule has 25 N–H and O–H groups in total. The van der Waals surface area contributed by atoms with Crippen molar-refractivity contribution in [1.29, 1.82) is 0 Å². The summed E-state index contributed by atoms with van der Waals surface area (Å²) in [4.78, 5) is 194. The number of aliphatic carboxylic acids is 1. The number of benzene rings is 2. The molecule has 9 atom stereocenters. The molecule has 0 bridgehead atoms. The first-order chi connectivity index (χ1) is 37.9. The number of phenols is 1. The summed E-state index contributed by atoms with van der Waals surface area (Å²) in [6, 6.07) is -2.24. The number of hydrogen-bond acceptors (Lipinski definition) is 16. The van der Waals surface area contributed by atoms with Gasteiger partial charge in [0.2, 0.25) is 76.8 Å². The second kappa shape index (κ2) is 32.9. The molecule has 32 heteroatoms. The standard InChI is InChI=1S/C49H69N15O17/c1-22(2)40(49(80)81)64-48(79)29(16-23-6-4-3-5-7-23)59-45(76)32(20-38(55)70)63-46(77)31(19-37(54)69)60-42(73)27(13-15-35(52)67)57-44(75)30(18-36(53)68)62-47(78)33(21-39(56)71)61-43(74)28(17-24-8-10-25(65)11-9-24)58-41(72)26(50)12-14-34(51)66/h3-11,22,26-33,40,65H,12-21,50H2,1-2H3,(H2,51,66)(H2,52,67)(H2,53,68)(H2,54,69)(H2,55,70)(H2,56,71)(H,57,75)(H,58,72)(H,59,76)(H,60,73)(H,61,74)(H,62,78)(H,63,77)(H,64,79)(H,80,81)/p+1/t26-,27-,28-,29-,30-,31-,32-,33-,40-/m0/s1. The lowest BCUT2D eigenvalue weighted by atomic mass is 10.0. The quantitative estimate of drug-likeness (QED) is 0.0301. The minimum Gasteiger partial charge on any atom is -0.508 e. The molecule has 2 aromatic carbocycles. The number of carboxylic acids is 1. The van der Waals surface area contributed by atoms with Crippen LogP contribution in [0.4, 0.5) is 0 Å². The molecule has 0 aliphatic heterocycles. The molecule has 0 aliphatic rings. The molecule has 2 rings (SSSR count). The van der Waals surface area contributed by atoms with Crippen molar-refractivity contribution in [3.8, 4) is 5.75 Å². The van der Waals surface area contributed by atoms with Gasteiger partial charge in [-0.15, -0.1) is 0 Å². The monoisotopic (exact) mass is 1140 g/mol. The zero-order valence-electron chi connectivity index (χ0n) is 44.2. The van der Waals surface area contributed by atoms with Gasteiger partial charge in [0.05, 0.1) is 25.7 Å². The molecule has 0 spiro atoms. The van der Waals surface area contributed by atoms with E-state index in [4.69, 9.17) is 34.4 Å². The number of quaternary nitrogens is 1. The Hall–Kier alpha value is -9.75. The molecule has 81 heavy (non-hydrogen) atoms. The lowest BCUT2D eigenvalue weighted by molar-refractivity contribution is -0.405. The molecule has 2 aromatic rings. The number of carboxylic acid groups (broad SMARTS) is 1. The highest BCUT2D eigenvalue weighted by Crippen LogP contribution is 2.13. The fourth-order valence-electron chi connectivity index (χ4n) is 7.47. The van der Waals surface area contributed by atoms with Crippen molar-refractivity contribution in [2.75, 3.05) is 0 Å². The van der Waals surface area contributed by atoms with Crippen LogP contribution in [-0.2, 0) is 84.8 Å². The maximum atomic E-state index is 14.0. The van der Waals surface area contributed by atoms with Crippen LogP contribution in [0.2, 0.25) is 0 Å². The second-order valence-corrected chi connectivity index (χ2v) is 18.9. The van der Waals surface area contributed by atoms with Crippen LogP contribution < -0.4 is 82.7 Å². The number of nitrogens with one attached hydrogen (secondary N) is 8. The summed E-state index contributed by atoms with van der Waals surface area (Å²) in [6.45, 7) is 3.03. The fourth-order valence-corrected chi connectivity index (χ4v) is 7.47. The molecule has 0 heterocycles. The SMILES string of the molecule is CC(C)[C@H](NC(=O)[C@H](Cc1ccccc1)NC(=O)[C@H](CC(N)=O)NC(=O)[C@H](CC(N)=O)NC(=O)[C@H](CCC(N)=O)NC(=O)[C@H](CC(N)=O)NC(=O)[C@H](CC(N)=O)NC(=O)[C@H](Cc1ccc(O)cc1)NC(=O)[C@@H]([NH3+])CCC(N)=O)C(=O)O. The first-order valence-corrected chi connectivity index (χ1v) is 24.9. The van der Waals surface area contributed by atoms with Crippen LogP contribution in [0.15, 0.2) is 54.6 Å². The van der Waals surface area contributed by atoms with Crippen molar-refractivity contribution >= 4 is 88.7 Å². The highest BCUT2D eigenvalue weighted by Gasteiger charge is 2.37. The van der Waals surface area contributed by atoms with E-state index in [2.05, 4.69) is 48.3 Å². The van der Waals surface area contributed by atoms with Crippen molar-refractivity contribution in [2.45, 2.75) is 132 Å². The lowest BCUT2D eigenvalue weighted by Gasteiger charge is -2.27. The number of primary amides is 6. The van der Waals surface area contributed by atoms with Crippen molar-refractivity contribution < 1.29 is 87.9 Å². The van der Waals surface area contributed by atoms with Gasteiger partial charge in [-0.1, -0.05) is 56.3 Å². The molecule has 0 fully saturated rings. The zero-order valence-corrected chi connectivity index (χ0v) is 44.2. The Morgan fingerprint density at radius 1 is 0.407 bits per heavy atom. The fraction of sp³-hybridized carbons (Fsp3) is 0.449. The minimum absolute atomic E-state index is 0.127. The topological polar surface area (TPSA) is 577 Å². The van der Waals surface area contributed by atoms with Gasteiger partial charge in [0.1, 0.15) is 54.1 Å². The Bertz CT molecular complexity index is 2660. The first-order valence-electron chi connectivity index (χ1n) is 24.9. The second-order valence-electron chi connectivity index (χ2n) is 18.9. The van der Waals surface area contributed by atoms with E-state index in [1.54, 1.807) is 30.3 Å². The summed E-state index contributed by atoms with van der Waals surface area (Å²) in [5.41, 5.74) is 36.6. The normalized spacial score (nSPS) is 14.2. The molecule has 0 aliphatic carbocycles. The van der Waals surface area contributed by atoms with Gasteiger partial charge < -0.3 is 92.9 Å². The molecule has 0 saturated carbocycles. The third-order valence-electron chi connectivity index (χ3n) is 11.7. The first kappa shape index (κ1) is 67.4. The van der Waals surface area contributed by atoms with Gasteiger partial charge in [-0.05, 0) is 35.6 Å². The van der Waals surface area contributed by atoms with Crippen molar-refractivity contribution in [3.63, 3.8) is 0 Å². The van der Waals surface area contributed by atoms with E-state index in [9.17, 15) is 82.1 Å². The molecule has 0 aromatic heterocycles. The van der Waals surface area contributed by atoms with Crippen LogP contribution in [0.25, 0.3) is 0 Å². The van der Waals surface area contributed by atoms with Gasteiger partial charge in [0, 0.05) is 32.1 Å². The largest absolute Gasteiger partial charge is 0.508 e. The zero-order chi connectivity index (χ0) is 61.3. The Labute approximate surface area is 462 Å². The van der Waals surface area contributed by atoms with Crippen LogP contribution in [0.5, 0.6) is 5.75 Å². The smallest absolute Gasteiger partial charge is 0.326 e. The minimum atomic E-state index is -2.07. The highest BCUT2D eigenvalue weighted by atomic mass is 16.4. The third kappa shape index (κ3) is 25.1. The molecule has 32 nitrogen and oxygen atoms in total. The Balaban J connectivity index is 2.48. The summed E-state index contributed by atoms with van der Waals surface area (Å²) in [5, 5.41) is 37.4. The Kier molecular flexibility index (Phi) is 27.3. The van der Waals surface area contributed by atoms with Gasteiger partial charge in [-0.2, -0.15) is 0 Å². The Morgan fingerprint density at radius 2 is 0.716 bits per heavy atom. The van der Waals surface area contributed by atoms with Gasteiger partial charge in [0.15, 0.2) is 6.04 Å². The summed E-state index contributed by atoms with van der Waals surface area (Å²) in [5.74, 6) is -18.5. The van der Waals surface area contributed by atoms with Crippen LogP contribution in [0.1, 0.15) is 76.3 Å². The predicted molar refractivity (Wildman–Crippen MR) is 279 cm³/mol. The molecule has 442 valence electrons. The maximum absolute atomic E-state index is 14.0. The van der Waals surface area contributed by atoms with E-state index in [0.29, 0.717) is 11.1 Å². The van der Waals surface area contributed by atoms with E-state index in [-0.39, 0.29) is 31.4 Å². The number of carbonyl (C=O) groups is 15. The summed E-state index contributed by atoms with van der Waals surface area (Å²) in [6.07, 6.45) is -6.28. The number of aromatic hydroxyl groups is 1. The molecule has 0 unspecified atom stereocenters. The molecule has 0 saturated heterocycles. The van der Waals surface area contributed by atoms with Crippen LogP contribution in [-0.4, -0.2) is 153 Å². The average Bonchev–Trinajstić information content (AvgIpc) is 3.36. The molecule has 0 radical (unpaired) electrons. The maximum Gasteiger partial charge on any atom is 0.326 e. The van der Waals surface area contributed by atoms with Crippen molar-refractivity contribution in [3.05, 3.63) is 65.7 Å². The van der Waals surface area contributed by atoms with E-state index in [1.807, 2.05) is 0 Å². The van der Waals surface area contributed by atoms with E-state index in [1.165, 1.54) is 38.1 Å². The third-order valence-corrected chi connectivity index (χ3v) is 11.7. The van der Waals surface area contributed by atoms with Gasteiger partial charge in [-0.25, -0.2) is 4.79 Å².